The van der Waals surface area contributed by atoms with E-state index in [2.05, 4.69) is 11.1 Å². The molecule has 21 heavy (non-hydrogen) atoms. The van der Waals surface area contributed by atoms with Crippen LogP contribution in [-0.2, 0) is 6.54 Å². The predicted octanol–water partition coefficient (Wildman–Crippen LogP) is 2.20. The van der Waals surface area contributed by atoms with Gasteiger partial charge in [0.05, 0.1) is 23.5 Å². The maximum atomic E-state index is 12.4. The molecule has 0 fully saturated rings. The number of carbonyl (C=O) groups excluding carboxylic acids is 1. The number of anilines is 1. The molecule has 1 amide bonds. The van der Waals surface area contributed by atoms with Crippen molar-refractivity contribution in [1.82, 2.24) is 9.88 Å². The van der Waals surface area contributed by atoms with Gasteiger partial charge in [-0.3, -0.25) is 4.79 Å². The smallest absolute Gasteiger partial charge is 0.272 e. The van der Waals surface area contributed by atoms with Crippen LogP contribution in [0.3, 0.4) is 0 Å². The highest BCUT2D eigenvalue weighted by Crippen LogP contribution is 2.13. The quantitative estimate of drug-likeness (QED) is 0.930. The summed E-state index contributed by atoms with van der Waals surface area (Å²) >= 11 is 0. The molecule has 1 aromatic heterocycles. The lowest BCUT2D eigenvalue weighted by atomic mass is 10.1. The molecule has 1 heterocycles. The van der Waals surface area contributed by atoms with Crippen LogP contribution >= 0.6 is 0 Å². The number of amides is 1. The van der Waals surface area contributed by atoms with Gasteiger partial charge in [-0.05, 0) is 30.7 Å². The lowest BCUT2D eigenvalue weighted by molar-refractivity contribution is 0.0746. The van der Waals surface area contributed by atoms with Crippen LogP contribution in [0.5, 0.6) is 0 Å². The standard InChI is InChI=1S/C16H16N4O/c1-2-20(11-13-6-4-3-5-12(13)9-17)16(21)15-8-7-14(18)10-19-15/h3-8,10H,2,11,18H2,1H3. The van der Waals surface area contributed by atoms with Crippen molar-refractivity contribution >= 4 is 11.6 Å². The molecule has 0 bridgehead atoms. The molecule has 1 aromatic carbocycles. The number of aromatic nitrogens is 1. The maximum absolute atomic E-state index is 12.4. The summed E-state index contributed by atoms with van der Waals surface area (Å²) in [5.41, 5.74) is 7.84. The van der Waals surface area contributed by atoms with E-state index in [4.69, 9.17) is 11.0 Å². The third-order valence-corrected chi connectivity index (χ3v) is 3.17. The number of nitrogens with two attached hydrogens (primary N) is 1. The molecular formula is C16H16N4O. The molecule has 0 saturated heterocycles. The summed E-state index contributed by atoms with van der Waals surface area (Å²) in [6, 6.07) is 12.7. The fraction of sp³-hybridized carbons (Fsp3) is 0.188. The van der Waals surface area contributed by atoms with E-state index in [1.807, 2.05) is 25.1 Å². The van der Waals surface area contributed by atoms with Crippen molar-refractivity contribution in [2.45, 2.75) is 13.5 Å². The fourth-order valence-corrected chi connectivity index (χ4v) is 1.99. The summed E-state index contributed by atoms with van der Waals surface area (Å²) in [5, 5.41) is 9.11. The van der Waals surface area contributed by atoms with Gasteiger partial charge >= 0.3 is 0 Å². The van der Waals surface area contributed by atoms with Crippen molar-refractivity contribution in [2.75, 3.05) is 12.3 Å². The van der Waals surface area contributed by atoms with Crippen LogP contribution in [0.15, 0.2) is 42.6 Å². The molecule has 0 aliphatic rings. The Hall–Kier alpha value is -2.87. The third-order valence-electron chi connectivity index (χ3n) is 3.17. The molecular weight excluding hydrogens is 264 g/mol. The van der Waals surface area contributed by atoms with Gasteiger partial charge in [0, 0.05) is 13.1 Å². The molecule has 2 aromatic rings. The van der Waals surface area contributed by atoms with Crippen molar-refractivity contribution in [3.8, 4) is 6.07 Å². The second-order valence-electron chi connectivity index (χ2n) is 4.57. The number of hydrogen-bond donors (Lipinski definition) is 1. The van der Waals surface area contributed by atoms with E-state index in [-0.39, 0.29) is 5.91 Å². The van der Waals surface area contributed by atoms with E-state index < -0.39 is 0 Å². The zero-order valence-electron chi connectivity index (χ0n) is 11.8. The van der Waals surface area contributed by atoms with Crippen LogP contribution in [0.25, 0.3) is 0 Å². The van der Waals surface area contributed by atoms with E-state index >= 15 is 0 Å². The SMILES string of the molecule is CCN(Cc1ccccc1C#N)C(=O)c1ccc(N)cn1. The number of hydrogen-bond acceptors (Lipinski definition) is 4. The van der Waals surface area contributed by atoms with Gasteiger partial charge in [0.2, 0.25) is 0 Å². The van der Waals surface area contributed by atoms with Gasteiger partial charge < -0.3 is 10.6 Å². The van der Waals surface area contributed by atoms with Gasteiger partial charge in [0.15, 0.2) is 0 Å². The van der Waals surface area contributed by atoms with Crippen LogP contribution in [0, 0.1) is 11.3 Å². The zero-order valence-corrected chi connectivity index (χ0v) is 11.8. The first-order chi connectivity index (χ1) is 10.2. The van der Waals surface area contributed by atoms with Gasteiger partial charge in [-0.15, -0.1) is 0 Å². The lowest BCUT2D eigenvalue weighted by Gasteiger charge is -2.21. The minimum absolute atomic E-state index is 0.176. The highest BCUT2D eigenvalue weighted by atomic mass is 16.2. The van der Waals surface area contributed by atoms with Crippen molar-refractivity contribution in [1.29, 1.82) is 5.26 Å². The highest BCUT2D eigenvalue weighted by molar-refractivity contribution is 5.92. The first-order valence-corrected chi connectivity index (χ1v) is 6.64. The summed E-state index contributed by atoms with van der Waals surface area (Å²) in [6.45, 7) is 2.81. The molecule has 2 rings (SSSR count). The second-order valence-corrected chi connectivity index (χ2v) is 4.57. The summed E-state index contributed by atoms with van der Waals surface area (Å²) < 4.78 is 0. The van der Waals surface area contributed by atoms with Crippen molar-refractivity contribution in [2.24, 2.45) is 0 Å². The Kier molecular flexibility index (Phi) is 4.52. The predicted molar refractivity (Wildman–Crippen MR) is 80.2 cm³/mol. The van der Waals surface area contributed by atoms with E-state index in [1.54, 1.807) is 23.1 Å². The summed E-state index contributed by atoms with van der Waals surface area (Å²) in [7, 11) is 0. The Labute approximate surface area is 123 Å². The van der Waals surface area contributed by atoms with Gasteiger partial charge in [-0.25, -0.2) is 4.98 Å². The van der Waals surface area contributed by atoms with Gasteiger partial charge in [-0.1, -0.05) is 18.2 Å². The van der Waals surface area contributed by atoms with Gasteiger partial charge in [0.25, 0.3) is 5.91 Å². The monoisotopic (exact) mass is 280 g/mol. The van der Waals surface area contributed by atoms with E-state index in [0.29, 0.717) is 30.0 Å². The first-order valence-electron chi connectivity index (χ1n) is 6.64. The Balaban J connectivity index is 2.22. The Morgan fingerprint density at radius 1 is 1.33 bits per heavy atom. The molecule has 0 spiro atoms. The van der Waals surface area contributed by atoms with Crippen LogP contribution in [-0.4, -0.2) is 22.3 Å². The number of nitriles is 1. The Morgan fingerprint density at radius 3 is 2.71 bits per heavy atom. The average Bonchev–Trinajstić information content (AvgIpc) is 2.53. The van der Waals surface area contributed by atoms with E-state index in [0.717, 1.165) is 5.56 Å². The van der Waals surface area contributed by atoms with E-state index in [1.165, 1.54) is 6.20 Å². The molecule has 0 aliphatic heterocycles. The average molecular weight is 280 g/mol. The third kappa shape index (κ3) is 3.37. The largest absolute Gasteiger partial charge is 0.397 e. The number of benzene rings is 1. The molecule has 5 nitrogen and oxygen atoms in total. The number of carbonyl (C=O) groups is 1. The highest BCUT2D eigenvalue weighted by Gasteiger charge is 2.16. The number of rotatable bonds is 4. The summed E-state index contributed by atoms with van der Waals surface area (Å²) in [4.78, 5) is 18.1. The van der Waals surface area contributed by atoms with Crippen LogP contribution in [0.4, 0.5) is 5.69 Å². The minimum Gasteiger partial charge on any atom is -0.397 e. The van der Waals surface area contributed by atoms with Gasteiger partial charge in [-0.2, -0.15) is 5.26 Å². The van der Waals surface area contributed by atoms with Crippen molar-refractivity contribution < 1.29 is 4.79 Å². The molecule has 0 radical (unpaired) electrons. The molecule has 0 aliphatic carbocycles. The second kappa shape index (κ2) is 6.53. The molecule has 106 valence electrons. The number of nitrogen functional groups attached to an aromatic ring is 1. The molecule has 0 atom stereocenters. The first kappa shape index (κ1) is 14.5. The molecule has 0 saturated carbocycles. The van der Waals surface area contributed by atoms with Crippen molar-refractivity contribution in [3.63, 3.8) is 0 Å². The van der Waals surface area contributed by atoms with Gasteiger partial charge in [0.1, 0.15) is 5.69 Å². The summed E-state index contributed by atoms with van der Waals surface area (Å²) in [5.74, 6) is -0.176. The maximum Gasteiger partial charge on any atom is 0.272 e. The minimum atomic E-state index is -0.176. The van der Waals surface area contributed by atoms with Crippen LogP contribution < -0.4 is 5.73 Å². The zero-order chi connectivity index (χ0) is 15.2. The van der Waals surface area contributed by atoms with Crippen LogP contribution in [0.2, 0.25) is 0 Å². The normalized spacial score (nSPS) is 9.90. The van der Waals surface area contributed by atoms with Crippen LogP contribution in [0.1, 0.15) is 28.5 Å². The van der Waals surface area contributed by atoms with Crippen molar-refractivity contribution in [3.05, 3.63) is 59.4 Å². The molecule has 5 heteroatoms. The number of nitrogens with zero attached hydrogens (tertiary/aromatic N) is 3. The molecule has 2 N–H and O–H groups in total. The number of pyridine rings is 1. The molecule has 0 unspecified atom stereocenters. The Bertz CT molecular complexity index is 673. The summed E-state index contributed by atoms with van der Waals surface area (Å²) in [6.07, 6.45) is 1.46. The van der Waals surface area contributed by atoms with E-state index in [9.17, 15) is 4.79 Å². The topological polar surface area (TPSA) is 83.0 Å². The lowest BCUT2D eigenvalue weighted by Crippen LogP contribution is -2.31. The fourth-order valence-electron chi connectivity index (χ4n) is 1.99. The Morgan fingerprint density at radius 2 is 2.10 bits per heavy atom.